The maximum Gasteiger partial charge on any atom is 3.00 e. The predicted molar refractivity (Wildman–Crippen MR) is 2.06 cm³/mol. The van der Waals surface area contributed by atoms with Crippen LogP contribution in [0, 0.1) is 76.9 Å². The van der Waals surface area contributed by atoms with Gasteiger partial charge >= 0.3 is 76.9 Å². The zero-order valence-corrected chi connectivity index (χ0v) is 9.71. The standard InChI is InChI=1S/La.3O.Pr/q+3;3*-2;+3. The van der Waals surface area contributed by atoms with E-state index in [9.17, 15) is 0 Å². The first-order chi connectivity index (χ1) is 0. The van der Waals surface area contributed by atoms with Crippen LogP contribution in [0.1, 0.15) is 0 Å². The van der Waals surface area contributed by atoms with Crippen LogP contribution in [0.3, 0.4) is 0 Å². The van der Waals surface area contributed by atoms with Crippen molar-refractivity contribution in [3.05, 3.63) is 0 Å². The van der Waals surface area contributed by atoms with Gasteiger partial charge in [-0.2, -0.15) is 0 Å². The van der Waals surface area contributed by atoms with Crippen LogP contribution >= 0.6 is 0 Å². The molecule has 0 aliphatic heterocycles. The van der Waals surface area contributed by atoms with Crippen molar-refractivity contribution >= 4 is 0 Å². The van der Waals surface area contributed by atoms with E-state index in [2.05, 4.69) is 0 Å². The molecule has 0 heterocycles. The van der Waals surface area contributed by atoms with Gasteiger partial charge in [-0.1, -0.05) is 0 Å². The largest absolute Gasteiger partial charge is 3.00 e. The molecular weight excluding hydrogens is 328 g/mol. The molecule has 0 aromatic carbocycles. The van der Waals surface area contributed by atoms with Gasteiger partial charge in [-0.3, -0.25) is 0 Å². The van der Waals surface area contributed by atoms with Gasteiger partial charge in [0, 0.05) is 0 Å². The monoisotopic (exact) mass is 328 g/mol. The molecule has 0 fully saturated rings. The SMILES string of the molecule is [La+3].[O-2].[O-2].[O-2].[Pr+3]. The number of rotatable bonds is 0. The molecule has 0 atom stereocenters. The van der Waals surface area contributed by atoms with E-state index >= 15 is 0 Å². The molecule has 0 aromatic heterocycles. The minimum Gasteiger partial charge on any atom is -2.00 e. The molecule has 0 unspecified atom stereocenters. The van der Waals surface area contributed by atoms with Gasteiger partial charge in [-0.05, 0) is 0 Å². The average Bonchev–Trinajstić information content (AvgIpc) is 0. The first kappa shape index (κ1) is 51.9. The Hall–Kier alpha value is 2.44. The van der Waals surface area contributed by atoms with Crippen LogP contribution in [0.5, 0.6) is 0 Å². The van der Waals surface area contributed by atoms with Crippen molar-refractivity contribution in [3.63, 3.8) is 0 Å². The summed E-state index contributed by atoms with van der Waals surface area (Å²) in [6, 6.07) is 0. The fraction of sp³-hybridized carbons (Fsp3) is 0. The van der Waals surface area contributed by atoms with Gasteiger partial charge in [0.2, 0.25) is 0 Å². The van der Waals surface area contributed by atoms with Crippen molar-refractivity contribution in [3.8, 4) is 0 Å². The van der Waals surface area contributed by atoms with Crippen LogP contribution in [0.25, 0.3) is 0 Å². The molecule has 0 saturated heterocycles. The number of hydrogen-bond donors (Lipinski definition) is 0. The summed E-state index contributed by atoms with van der Waals surface area (Å²) in [5, 5.41) is 0. The third kappa shape index (κ3) is 21.3. The molecule has 24 valence electrons. The third-order valence-electron chi connectivity index (χ3n) is 0. The van der Waals surface area contributed by atoms with Crippen molar-refractivity contribution in [1.82, 2.24) is 0 Å². The summed E-state index contributed by atoms with van der Waals surface area (Å²) in [7, 11) is 0. The van der Waals surface area contributed by atoms with Gasteiger partial charge in [0.25, 0.3) is 0 Å². The van der Waals surface area contributed by atoms with E-state index in [1.165, 1.54) is 0 Å². The van der Waals surface area contributed by atoms with E-state index in [0.29, 0.717) is 0 Å². The molecule has 0 aliphatic carbocycles. The average molecular weight is 328 g/mol. The number of hydrogen-bond acceptors (Lipinski definition) is 0. The second kappa shape index (κ2) is 32.0. The topological polar surface area (TPSA) is 85.5 Å². The maximum absolute atomic E-state index is 0. The van der Waals surface area contributed by atoms with E-state index < -0.39 is 0 Å². The van der Waals surface area contributed by atoms with Crippen molar-refractivity contribution in [2.24, 2.45) is 0 Å². The van der Waals surface area contributed by atoms with Crippen LogP contribution in [0.2, 0.25) is 0 Å². The second-order valence-electron chi connectivity index (χ2n) is 0. The normalized spacial score (nSPS) is 0. The van der Waals surface area contributed by atoms with Gasteiger partial charge in [0.15, 0.2) is 0 Å². The third-order valence-corrected chi connectivity index (χ3v) is 0. The molecule has 0 amide bonds. The van der Waals surface area contributed by atoms with Gasteiger partial charge in [-0.15, -0.1) is 0 Å². The fourth-order valence-corrected chi connectivity index (χ4v) is 0. The summed E-state index contributed by atoms with van der Waals surface area (Å²) < 4.78 is 0. The Bertz CT molecular complexity index is 6.85. The summed E-state index contributed by atoms with van der Waals surface area (Å²) in [5.41, 5.74) is 0. The van der Waals surface area contributed by atoms with Crippen molar-refractivity contribution in [1.29, 1.82) is 0 Å². The Morgan fingerprint density at radius 1 is 0.600 bits per heavy atom. The van der Waals surface area contributed by atoms with Gasteiger partial charge in [0.05, 0.1) is 0 Å². The Morgan fingerprint density at radius 3 is 0.600 bits per heavy atom. The first-order valence-electron chi connectivity index (χ1n) is 0. The molecule has 5 heavy (non-hydrogen) atoms. The first-order valence-corrected chi connectivity index (χ1v) is 0. The van der Waals surface area contributed by atoms with Crippen LogP contribution in [0.15, 0.2) is 0 Å². The zero-order chi connectivity index (χ0) is 0. The minimum atomic E-state index is 0. The molecule has 3 nitrogen and oxygen atoms in total. The van der Waals surface area contributed by atoms with E-state index in [1.54, 1.807) is 0 Å². The van der Waals surface area contributed by atoms with E-state index in [-0.39, 0.29) is 93.3 Å². The maximum atomic E-state index is 0. The van der Waals surface area contributed by atoms with Gasteiger partial charge in [0.1, 0.15) is 0 Å². The quantitative estimate of drug-likeness (QED) is 0.582. The molecule has 0 N–H and O–H groups in total. The van der Waals surface area contributed by atoms with E-state index in [0.717, 1.165) is 0 Å². The summed E-state index contributed by atoms with van der Waals surface area (Å²) in [6.07, 6.45) is 0. The molecule has 0 saturated carbocycles. The Kier molecular flexibility index (Phi) is 332. The molecule has 0 aromatic rings. The fourth-order valence-electron chi connectivity index (χ4n) is 0. The predicted octanol–water partition coefficient (Wildman–Crippen LogP) is -0.356. The van der Waals surface area contributed by atoms with Crippen molar-refractivity contribution < 1.29 is 93.3 Å². The molecule has 0 rings (SSSR count). The van der Waals surface area contributed by atoms with Gasteiger partial charge in [-0.25, -0.2) is 0 Å². The van der Waals surface area contributed by atoms with Gasteiger partial charge < -0.3 is 16.4 Å². The van der Waals surface area contributed by atoms with E-state index in [1.807, 2.05) is 0 Å². The molecule has 5 heteroatoms. The van der Waals surface area contributed by atoms with Crippen LogP contribution < -0.4 is 0 Å². The molecule has 0 radical (unpaired) electrons. The molecular formula is LaO3Pr. The molecule has 0 aliphatic rings. The Labute approximate surface area is 91.4 Å². The molecule has 0 spiro atoms. The molecule has 0 bridgehead atoms. The second-order valence-corrected chi connectivity index (χ2v) is 0. The summed E-state index contributed by atoms with van der Waals surface area (Å²) in [5.74, 6) is 0. The summed E-state index contributed by atoms with van der Waals surface area (Å²) >= 11 is 0. The zero-order valence-electron chi connectivity index (χ0n) is 2.38. The Morgan fingerprint density at radius 2 is 0.600 bits per heavy atom. The Balaban J connectivity index is 0. The van der Waals surface area contributed by atoms with Crippen molar-refractivity contribution in [2.75, 3.05) is 0 Å². The van der Waals surface area contributed by atoms with Crippen LogP contribution in [0.4, 0.5) is 0 Å². The summed E-state index contributed by atoms with van der Waals surface area (Å²) in [4.78, 5) is 0. The van der Waals surface area contributed by atoms with Crippen LogP contribution in [-0.4, -0.2) is 0 Å². The summed E-state index contributed by atoms with van der Waals surface area (Å²) in [6.45, 7) is 0. The van der Waals surface area contributed by atoms with Crippen molar-refractivity contribution in [2.45, 2.75) is 0 Å². The van der Waals surface area contributed by atoms with E-state index in [4.69, 9.17) is 0 Å². The minimum absolute atomic E-state index is 0. The van der Waals surface area contributed by atoms with Crippen LogP contribution in [-0.2, 0) is 16.4 Å². The smallest absolute Gasteiger partial charge is 2.00 e.